The van der Waals surface area contributed by atoms with Crippen molar-refractivity contribution in [2.75, 3.05) is 33.4 Å². The van der Waals surface area contributed by atoms with Gasteiger partial charge in [-0.05, 0) is 51.0 Å². The van der Waals surface area contributed by atoms with Crippen LogP contribution >= 0.6 is 0 Å². The summed E-state index contributed by atoms with van der Waals surface area (Å²) in [6, 6.07) is 3.17. The van der Waals surface area contributed by atoms with Gasteiger partial charge in [-0.1, -0.05) is 6.92 Å². The molecule has 0 radical (unpaired) electrons. The number of ether oxygens (including phenoxy) is 1. The Bertz CT molecular complexity index is 346. The van der Waals surface area contributed by atoms with Crippen LogP contribution in [0.1, 0.15) is 39.5 Å². The lowest BCUT2D eigenvalue weighted by atomic mass is 9.93. The maximum absolute atomic E-state index is 9.76. The second-order valence-corrected chi connectivity index (χ2v) is 6.43. The van der Waals surface area contributed by atoms with Crippen LogP contribution in [0.15, 0.2) is 0 Å². The van der Waals surface area contributed by atoms with E-state index in [0.717, 1.165) is 32.2 Å². The van der Waals surface area contributed by atoms with Gasteiger partial charge in [0.2, 0.25) is 0 Å². The summed E-state index contributed by atoms with van der Waals surface area (Å²) in [5.41, 5.74) is -0.356. The van der Waals surface area contributed by atoms with Gasteiger partial charge in [0.15, 0.2) is 0 Å². The molecule has 0 aromatic heterocycles. The average Bonchev–Trinajstić information content (AvgIpc) is 3.32. The number of methoxy groups -OCH3 is 1. The lowest BCUT2D eigenvalue weighted by Crippen LogP contribution is -2.56. The number of nitrogens with zero attached hydrogens (tertiary/aromatic N) is 2. The van der Waals surface area contributed by atoms with E-state index in [4.69, 9.17) is 4.74 Å². The van der Waals surface area contributed by atoms with Crippen molar-refractivity contribution in [3.8, 4) is 6.07 Å². The van der Waals surface area contributed by atoms with Gasteiger partial charge in [-0.2, -0.15) is 5.26 Å². The van der Waals surface area contributed by atoms with E-state index in [1.54, 1.807) is 7.11 Å². The van der Waals surface area contributed by atoms with Crippen LogP contribution in [-0.4, -0.2) is 49.8 Å². The summed E-state index contributed by atoms with van der Waals surface area (Å²) in [4.78, 5) is 2.48. The quantitative estimate of drug-likeness (QED) is 0.664. The highest BCUT2D eigenvalue weighted by Gasteiger charge is 2.47. The van der Waals surface area contributed by atoms with Crippen LogP contribution in [-0.2, 0) is 4.74 Å². The molecule has 0 heterocycles. The number of nitriles is 1. The Morgan fingerprint density at radius 2 is 2.10 bits per heavy atom. The fourth-order valence-corrected chi connectivity index (χ4v) is 3.22. The summed E-state index contributed by atoms with van der Waals surface area (Å²) in [6.45, 7) is 7.78. The van der Waals surface area contributed by atoms with Crippen LogP contribution in [0.5, 0.6) is 0 Å². The minimum Gasteiger partial charge on any atom is -0.383 e. The molecule has 0 spiro atoms. The highest BCUT2D eigenvalue weighted by Crippen LogP contribution is 2.41. The van der Waals surface area contributed by atoms with Crippen LogP contribution in [0.4, 0.5) is 0 Å². The zero-order valence-electron chi connectivity index (χ0n) is 13.2. The van der Waals surface area contributed by atoms with E-state index in [0.29, 0.717) is 12.0 Å². The largest absolute Gasteiger partial charge is 0.383 e. The van der Waals surface area contributed by atoms with Gasteiger partial charge >= 0.3 is 0 Å². The van der Waals surface area contributed by atoms with Gasteiger partial charge in [-0.25, -0.2) is 0 Å². The van der Waals surface area contributed by atoms with Crippen molar-refractivity contribution in [2.45, 2.75) is 51.1 Å². The lowest BCUT2D eigenvalue weighted by Gasteiger charge is -2.37. The van der Waals surface area contributed by atoms with Gasteiger partial charge in [0.25, 0.3) is 0 Å². The third kappa shape index (κ3) is 3.72. The van der Waals surface area contributed by atoms with Crippen molar-refractivity contribution in [2.24, 2.45) is 11.8 Å². The fourth-order valence-electron chi connectivity index (χ4n) is 3.22. The molecular formula is C16H29N3O. The van der Waals surface area contributed by atoms with Gasteiger partial charge < -0.3 is 4.74 Å². The monoisotopic (exact) mass is 279 g/mol. The van der Waals surface area contributed by atoms with Crippen LogP contribution in [0.3, 0.4) is 0 Å². The summed E-state index contributed by atoms with van der Waals surface area (Å²) < 4.78 is 5.26. The first kappa shape index (κ1) is 15.8. The maximum atomic E-state index is 9.76. The molecule has 2 aliphatic rings. The minimum absolute atomic E-state index is 0.356. The zero-order chi connectivity index (χ0) is 14.6. The Morgan fingerprint density at radius 3 is 2.55 bits per heavy atom. The Kier molecular flexibility index (Phi) is 5.42. The summed E-state index contributed by atoms with van der Waals surface area (Å²) >= 11 is 0. The molecule has 20 heavy (non-hydrogen) atoms. The number of hydrogen-bond acceptors (Lipinski definition) is 4. The molecule has 0 bridgehead atoms. The molecule has 0 saturated heterocycles. The first-order chi connectivity index (χ1) is 9.66. The molecular weight excluding hydrogens is 250 g/mol. The Hall–Kier alpha value is -0.630. The smallest absolute Gasteiger partial charge is 0.122 e. The molecule has 4 heteroatoms. The Labute approximate surface area is 123 Å². The van der Waals surface area contributed by atoms with Crippen molar-refractivity contribution in [3.63, 3.8) is 0 Å². The van der Waals surface area contributed by atoms with E-state index in [1.807, 2.05) is 0 Å². The topological polar surface area (TPSA) is 48.3 Å². The molecule has 2 fully saturated rings. The van der Waals surface area contributed by atoms with E-state index in [9.17, 15) is 5.26 Å². The molecule has 2 rings (SSSR count). The van der Waals surface area contributed by atoms with Gasteiger partial charge in [0.05, 0.1) is 12.7 Å². The molecule has 114 valence electrons. The molecule has 2 atom stereocenters. The lowest BCUT2D eigenvalue weighted by molar-refractivity contribution is 0.0938. The molecule has 0 amide bonds. The van der Waals surface area contributed by atoms with E-state index in [2.05, 4.69) is 30.1 Å². The fraction of sp³-hybridized carbons (Fsp3) is 0.938. The van der Waals surface area contributed by atoms with E-state index < -0.39 is 0 Å². The highest BCUT2D eigenvalue weighted by molar-refractivity contribution is 5.17. The molecule has 0 aromatic rings. The van der Waals surface area contributed by atoms with Gasteiger partial charge in [-0.15, -0.1) is 0 Å². The molecule has 0 aromatic carbocycles. The predicted molar refractivity (Wildman–Crippen MR) is 80.4 cm³/mol. The van der Waals surface area contributed by atoms with Gasteiger partial charge in [0.1, 0.15) is 5.54 Å². The second-order valence-electron chi connectivity index (χ2n) is 6.43. The SMILES string of the molecule is CCNC(C#N)(CN(CCOC)C(C)C1CC1)C1CC1. The zero-order valence-corrected chi connectivity index (χ0v) is 13.2. The number of likely N-dealkylation sites (N-methyl/N-ethyl adjacent to an activating group) is 1. The van der Waals surface area contributed by atoms with E-state index >= 15 is 0 Å². The molecule has 2 unspecified atom stereocenters. The average molecular weight is 279 g/mol. The third-order valence-corrected chi connectivity index (χ3v) is 4.88. The second kappa shape index (κ2) is 6.89. The number of nitrogens with one attached hydrogen (secondary N) is 1. The maximum Gasteiger partial charge on any atom is 0.122 e. The number of rotatable bonds is 10. The molecule has 2 saturated carbocycles. The molecule has 2 aliphatic carbocycles. The van der Waals surface area contributed by atoms with Crippen molar-refractivity contribution in [3.05, 3.63) is 0 Å². The van der Waals surface area contributed by atoms with E-state index in [1.165, 1.54) is 25.7 Å². The van der Waals surface area contributed by atoms with Crippen LogP contribution < -0.4 is 5.32 Å². The van der Waals surface area contributed by atoms with Gasteiger partial charge in [-0.3, -0.25) is 10.2 Å². The van der Waals surface area contributed by atoms with E-state index in [-0.39, 0.29) is 5.54 Å². The molecule has 4 nitrogen and oxygen atoms in total. The van der Waals surface area contributed by atoms with Crippen LogP contribution in [0.25, 0.3) is 0 Å². The summed E-state index contributed by atoms with van der Waals surface area (Å²) in [6.07, 6.45) is 5.07. The summed E-state index contributed by atoms with van der Waals surface area (Å²) in [5.74, 6) is 1.35. The normalized spacial score (nSPS) is 23.4. The molecule has 0 aliphatic heterocycles. The number of hydrogen-bond donors (Lipinski definition) is 1. The van der Waals surface area contributed by atoms with Gasteiger partial charge in [0, 0.05) is 26.2 Å². The Balaban J connectivity index is 2.04. The van der Waals surface area contributed by atoms with Crippen LogP contribution in [0, 0.1) is 23.2 Å². The van der Waals surface area contributed by atoms with Crippen molar-refractivity contribution in [1.82, 2.24) is 10.2 Å². The third-order valence-electron chi connectivity index (χ3n) is 4.88. The predicted octanol–water partition coefficient (Wildman–Crippen LogP) is 2.02. The summed E-state index contributed by atoms with van der Waals surface area (Å²) in [5, 5.41) is 13.2. The van der Waals surface area contributed by atoms with Crippen molar-refractivity contribution in [1.29, 1.82) is 5.26 Å². The molecule has 1 N–H and O–H groups in total. The van der Waals surface area contributed by atoms with Crippen molar-refractivity contribution < 1.29 is 4.74 Å². The van der Waals surface area contributed by atoms with Crippen molar-refractivity contribution >= 4 is 0 Å². The summed E-state index contributed by atoms with van der Waals surface area (Å²) in [7, 11) is 1.75. The standard InChI is InChI=1S/C16H29N3O/c1-4-18-16(11-17,15-7-8-15)12-19(9-10-20-3)13(2)14-5-6-14/h13-15,18H,4-10,12H2,1-3H3. The minimum atomic E-state index is -0.356. The highest BCUT2D eigenvalue weighted by atomic mass is 16.5. The Morgan fingerprint density at radius 1 is 1.40 bits per heavy atom. The first-order valence-corrected chi connectivity index (χ1v) is 8.06. The first-order valence-electron chi connectivity index (χ1n) is 8.06. The van der Waals surface area contributed by atoms with Crippen LogP contribution in [0.2, 0.25) is 0 Å².